The van der Waals surface area contributed by atoms with Crippen LogP contribution in [0.2, 0.25) is 20.1 Å². The zero-order valence-electron chi connectivity index (χ0n) is 23.6. The van der Waals surface area contributed by atoms with E-state index < -0.39 is 28.5 Å². The third-order valence-electron chi connectivity index (χ3n) is 7.51. The summed E-state index contributed by atoms with van der Waals surface area (Å²) in [5.41, 5.74) is 0.475. The first kappa shape index (κ1) is 33.4. The van der Waals surface area contributed by atoms with E-state index in [0.717, 1.165) is 36.4 Å². The van der Waals surface area contributed by atoms with Crippen molar-refractivity contribution < 1.29 is 18.0 Å². The van der Waals surface area contributed by atoms with Gasteiger partial charge in [-0.3, -0.25) is 13.9 Å². The second kappa shape index (κ2) is 15.0. The van der Waals surface area contributed by atoms with Crippen molar-refractivity contribution in [3.05, 3.63) is 92.4 Å². The van der Waals surface area contributed by atoms with Crippen molar-refractivity contribution in [3.63, 3.8) is 0 Å². The van der Waals surface area contributed by atoms with Crippen molar-refractivity contribution in [2.24, 2.45) is 0 Å². The number of sulfonamides is 1. The topological polar surface area (TPSA) is 86.8 Å². The number of rotatable bonds is 11. The number of anilines is 1. The van der Waals surface area contributed by atoms with Crippen LogP contribution in [0.3, 0.4) is 0 Å². The molecule has 0 aliphatic heterocycles. The Morgan fingerprint density at radius 1 is 0.884 bits per heavy atom. The highest BCUT2D eigenvalue weighted by atomic mass is 35.5. The highest BCUT2D eigenvalue weighted by molar-refractivity contribution is 7.92. The Balaban J connectivity index is 1.76. The monoisotopic (exact) mass is 683 g/mol. The predicted octanol–water partition coefficient (Wildman–Crippen LogP) is 7.75. The van der Waals surface area contributed by atoms with Crippen LogP contribution in [0.4, 0.5) is 5.69 Å². The third-order valence-corrected chi connectivity index (χ3v) is 10.6. The van der Waals surface area contributed by atoms with Crippen LogP contribution in [0, 0.1) is 0 Å². The van der Waals surface area contributed by atoms with Gasteiger partial charge in [0.2, 0.25) is 11.8 Å². The maximum atomic E-state index is 14.3. The molecule has 4 rings (SSSR count). The van der Waals surface area contributed by atoms with Gasteiger partial charge in [-0.25, -0.2) is 8.42 Å². The van der Waals surface area contributed by atoms with Crippen LogP contribution in [0.25, 0.3) is 0 Å². The summed E-state index contributed by atoms with van der Waals surface area (Å²) in [4.78, 5) is 29.3. The first-order valence-corrected chi connectivity index (χ1v) is 17.0. The van der Waals surface area contributed by atoms with Crippen molar-refractivity contribution in [1.82, 2.24) is 10.2 Å². The van der Waals surface area contributed by atoms with Crippen molar-refractivity contribution in [2.75, 3.05) is 10.8 Å². The molecule has 7 nitrogen and oxygen atoms in total. The summed E-state index contributed by atoms with van der Waals surface area (Å²) in [6.45, 7) is 1.02. The molecule has 0 radical (unpaired) electrons. The molecule has 0 aromatic heterocycles. The molecule has 2 amide bonds. The number of hydrogen-bond acceptors (Lipinski definition) is 4. The smallest absolute Gasteiger partial charge is 0.264 e. The Morgan fingerprint density at radius 3 is 2.16 bits per heavy atom. The standard InChI is InChI=1S/C31H33Cl4N3O4S/c1-2-28(31(40)36-22-10-5-3-6-11-22)37(19-24-25(33)14-9-15-26(24)34)30(39)20-38(29-18-21(32)16-17-27(29)35)43(41,42)23-12-7-4-8-13-23/h4,7-9,12-18,22,28H,2-3,5-6,10-11,19-20H2,1H3,(H,36,40). The fourth-order valence-electron chi connectivity index (χ4n) is 5.23. The molecule has 12 heteroatoms. The number of carbonyl (C=O) groups excluding carboxylic acids is 2. The average molecular weight is 686 g/mol. The van der Waals surface area contributed by atoms with Crippen LogP contribution in [-0.2, 0) is 26.2 Å². The fourth-order valence-corrected chi connectivity index (χ4v) is 7.63. The molecule has 1 aliphatic carbocycles. The predicted molar refractivity (Wildman–Crippen MR) is 174 cm³/mol. The Labute approximate surface area is 273 Å². The maximum Gasteiger partial charge on any atom is 0.264 e. The normalized spacial score (nSPS) is 14.6. The van der Waals surface area contributed by atoms with Gasteiger partial charge in [-0.2, -0.15) is 0 Å². The number of hydrogen-bond donors (Lipinski definition) is 1. The summed E-state index contributed by atoms with van der Waals surface area (Å²) < 4.78 is 28.9. The van der Waals surface area contributed by atoms with Crippen molar-refractivity contribution in [2.45, 2.75) is 69.0 Å². The first-order valence-electron chi connectivity index (χ1n) is 14.1. The van der Waals surface area contributed by atoms with Gasteiger partial charge in [-0.1, -0.05) is 96.9 Å². The van der Waals surface area contributed by atoms with Crippen molar-refractivity contribution in [1.29, 1.82) is 0 Å². The molecule has 0 bridgehead atoms. The molecule has 3 aromatic carbocycles. The molecule has 0 saturated heterocycles. The summed E-state index contributed by atoms with van der Waals surface area (Å²) in [6, 6.07) is 16.2. The van der Waals surface area contributed by atoms with Crippen LogP contribution >= 0.6 is 46.4 Å². The lowest BCUT2D eigenvalue weighted by Gasteiger charge is -2.35. The Hall–Kier alpha value is -2.49. The van der Waals surface area contributed by atoms with Crippen molar-refractivity contribution in [3.8, 4) is 0 Å². The molecule has 0 spiro atoms. The van der Waals surface area contributed by atoms with Crippen LogP contribution in [0.15, 0.2) is 71.6 Å². The summed E-state index contributed by atoms with van der Waals surface area (Å²) in [5.74, 6) is -0.957. The molecule has 3 aromatic rings. The van der Waals surface area contributed by atoms with E-state index in [0.29, 0.717) is 15.6 Å². The van der Waals surface area contributed by atoms with E-state index in [2.05, 4.69) is 5.32 Å². The highest BCUT2D eigenvalue weighted by Gasteiger charge is 2.35. The minimum atomic E-state index is -4.30. The molecule has 230 valence electrons. The van der Waals surface area contributed by atoms with Gasteiger partial charge in [0.05, 0.1) is 15.6 Å². The van der Waals surface area contributed by atoms with Crippen LogP contribution in [0.5, 0.6) is 0 Å². The highest BCUT2D eigenvalue weighted by Crippen LogP contribution is 2.34. The molecule has 1 saturated carbocycles. The summed E-state index contributed by atoms with van der Waals surface area (Å²) in [7, 11) is -4.30. The van der Waals surface area contributed by atoms with Gasteiger partial charge < -0.3 is 10.2 Å². The third kappa shape index (κ3) is 8.17. The van der Waals surface area contributed by atoms with Crippen LogP contribution in [-0.4, -0.2) is 43.8 Å². The number of carbonyl (C=O) groups is 2. The lowest BCUT2D eigenvalue weighted by molar-refractivity contribution is -0.140. The molecular formula is C31H33Cl4N3O4S. The summed E-state index contributed by atoms with van der Waals surface area (Å²) >= 11 is 25.7. The van der Waals surface area contributed by atoms with Crippen LogP contribution < -0.4 is 9.62 Å². The minimum Gasteiger partial charge on any atom is -0.352 e. The molecule has 1 fully saturated rings. The first-order chi connectivity index (χ1) is 20.5. The zero-order chi connectivity index (χ0) is 31.1. The SMILES string of the molecule is CCC(C(=O)NC1CCCCC1)N(Cc1c(Cl)cccc1Cl)C(=O)CN(c1cc(Cl)ccc1Cl)S(=O)(=O)c1ccccc1. The number of nitrogens with one attached hydrogen (secondary N) is 1. The molecule has 1 unspecified atom stereocenters. The maximum absolute atomic E-state index is 14.3. The summed E-state index contributed by atoms with van der Waals surface area (Å²) in [5, 5.41) is 4.06. The molecule has 1 aliphatic rings. The molecule has 1 N–H and O–H groups in total. The van der Waals surface area contributed by atoms with Gasteiger partial charge in [0.15, 0.2) is 0 Å². The Bertz CT molecular complexity index is 1530. The number of benzene rings is 3. The van der Waals surface area contributed by atoms with Gasteiger partial charge in [0.1, 0.15) is 12.6 Å². The van der Waals surface area contributed by atoms with Gasteiger partial charge in [-0.15, -0.1) is 0 Å². The molecule has 1 atom stereocenters. The minimum absolute atomic E-state index is 0.0105. The Kier molecular flexibility index (Phi) is 11.6. The Morgan fingerprint density at radius 2 is 1.53 bits per heavy atom. The summed E-state index contributed by atoms with van der Waals surface area (Å²) in [6.07, 6.45) is 5.16. The number of halogens is 4. The van der Waals surface area contributed by atoms with Crippen LogP contribution in [0.1, 0.15) is 51.0 Å². The van der Waals surface area contributed by atoms with E-state index in [1.54, 1.807) is 43.3 Å². The zero-order valence-corrected chi connectivity index (χ0v) is 27.5. The van der Waals surface area contributed by atoms with Gasteiger partial charge >= 0.3 is 0 Å². The molecular weight excluding hydrogens is 652 g/mol. The number of amides is 2. The number of nitrogens with zero attached hydrogens (tertiary/aromatic N) is 2. The molecule has 0 heterocycles. The van der Waals surface area contributed by atoms with E-state index >= 15 is 0 Å². The fraction of sp³-hybridized carbons (Fsp3) is 0.355. The second-order valence-electron chi connectivity index (χ2n) is 10.4. The van der Waals surface area contributed by atoms with E-state index in [1.165, 1.54) is 35.2 Å². The lowest BCUT2D eigenvalue weighted by Crippen LogP contribution is -2.54. The average Bonchev–Trinajstić information content (AvgIpc) is 2.99. The van der Waals surface area contributed by atoms with Crippen molar-refractivity contribution >= 4 is 73.9 Å². The van der Waals surface area contributed by atoms with E-state index in [-0.39, 0.29) is 45.5 Å². The van der Waals surface area contributed by atoms with Gasteiger partial charge in [0.25, 0.3) is 10.0 Å². The van der Waals surface area contributed by atoms with E-state index in [4.69, 9.17) is 46.4 Å². The van der Waals surface area contributed by atoms with Gasteiger partial charge in [0, 0.05) is 33.2 Å². The van der Waals surface area contributed by atoms with E-state index in [9.17, 15) is 18.0 Å². The second-order valence-corrected chi connectivity index (χ2v) is 13.9. The van der Waals surface area contributed by atoms with Gasteiger partial charge in [-0.05, 0) is 61.7 Å². The quantitative estimate of drug-likeness (QED) is 0.224. The molecule has 43 heavy (non-hydrogen) atoms. The largest absolute Gasteiger partial charge is 0.352 e. The van der Waals surface area contributed by atoms with E-state index in [1.807, 2.05) is 0 Å². The lowest BCUT2D eigenvalue weighted by atomic mass is 9.95.